The first-order chi connectivity index (χ1) is 13.6. The van der Waals surface area contributed by atoms with Gasteiger partial charge < -0.3 is 4.90 Å². The Labute approximate surface area is 165 Å². The number of nitro groups is 1. The minimum atomic E-state index is -0.520. The van der Waals surface area contributed by atoms with E-state index in [9.17, 15) is 14.9 Å². The van der Waals surface area contributed by atoms with Crippen LogP contribution in [0.2, 0.25) is 0 Å². The minimum Gasteiger partial charge on any atom is -0.339 e. The molecule has 0 spiro atoms. The number of amides is 1. The molecule has 1 aliphatic carbocycles. The van der Waals surface area contributed by atoms with Gasteiger partial charge >= 0.3 is 0 Å². The zero-order valence-electron chi connectivity index (χ0n) is 16.1. The average Bonchev–Trinajstić information content (AvgIpc) is 3.16. The molecule has 1 saturated carbocycles. The van der Waals surface area contributed by atoms with Crippen LogP contribution in [-0.2, 0) is 11.2 Å². The molecule has 4 unspecified atom stereocenters. The van der Waals surface area contributed by atoms with Gasteiger partial charge in [-0.3, -0.25) is 25.2 Å². The van der Waals surface area contributed by atoms with Crippen LogP contribution in [0.4, 0.5) is 0 Å². The summed E-state index contributed by atoms with van der Waals surface area (Å²) in [6.07, 6.45) is 2.84. The molecule has 0 aromatic heterocycles. The fourth-order valence-electron chi connectivity index (χ4n) is 4.79. The molecule has 2 saturated heterocycles. The molecule has 2 heterocycles. The maximum Gasteiger partial charge on any atom is 0.241 e. The summed E-state index contributed by atoms with van der Waals surface area (Å²) in [5, 5.41) is 11.2. The van der Waals surface area contributed by atoms with E-state index in [2.05, 4.69) is 40.0 Å². The highest BCUT2D eigenvalue weighted by atomic mass is 16.6. The zero-order chi connectivity index (χ0) is 19.5. The smallest absolute Gasteiger partial charge is 0.241 e. The van der Waals surface area contributed by atoms with Gasteiger partial charge in [0, 0.05) is 62.4 Å². The molecule has 28 heavy (non-hydrogen) atoms. The monoisotopic (exact) mass is 387 g/mol. The quantitative estimate of drug-likeness (QED) is 0.570. The third-order valence-corrected chi connectivity index (χ3v) is 6.53. The number of hydrogen-bond donors (Lipinski definition) is 2. The molecule has 0 bridgehead atoms. The van der Waals surface area contributed by atoms with Crippen molar-refractivity contribution < 1.29 is 9.72 Å². The molecule has 1 aromatic carbocycles. The molecule has 8 nitrogen and oxygen atoms in total. The first-order valence-corrected chi connectivity index (χ1v) is 10.3. The van der Waals surface area contributed by atoms with E-state index in [1.165, 1.54) is 5.56 Å². The molecule has 1 aromatic rings. The summed E-state index contributed by atoms with van der Waals surface area (Å²) in [4.78, 5) is 28.4. The SMILES string of the molecule is O=C(C1NNC2CCC([N+](=O)[O-])CC21)N1CCN(CCc2ccccc2)CC1. The molecular weight excluding hydrogens is 358 g/mol. The molecule has 3 aliphatic rings. The van der Waals surface area contributed by atoms with Crippen molar-refractivity contribution in [1.82, 2.24) is 20.7 Å². The fourth-order valence-corrected chi connectivity index (χ4v) is 4.79. The lowest BCUT2D eigenvalue weighted by Gasteiger charge is -2.37. The average molecular weight is 387 g/mol. The van der Waals surface area contributed by atoms with Crippen molar-refractivity contribution in [3.8, 4) is 0 Å². The lowest BCUT2D eigenvalue weighted by atomic mass is 9.79. The van der Waals surface area contributed by atoms with Gasteiger partial charge in [0.15, 0.2) is 0 Å². The second-order valence-electron chi connectivity index (χ2n) is 8.19. The normalized spacial score (nSPS) is 30.8. The summed E-state index contributed by atoms with van der Waals surface area (Å²) in [6.45, 7) is 4.21. The van der Waals surface area contributed by atoms with Crippen LogP contribution in [-0.4, -0.2) is 71.5 Å². The van der Waals surface area contributed by atoms with Crippen molar-refractivity contribution in [2.75, 3.05) is 32.7 Å². The Balaban J connectivity index is 1.27. The van der Waals surface area contributed by atoms with Crippen LogP contribution in [0.3, 0.4) is 0 Å². The Morgan fingerprint density at radius 3 is 2.57 bits per heavy atom. The van der Waals surface area contributed by atoms with Crippen LogP contribution >= 0.6 is 0 Å². The van der Waals surface area contributed by atoms with E-state index in [1.807, 2.05) is 11.0 Å². The zero-order valence-corrected chi connectivity index (χ0v) is 16.1. The summed E-state index contributed by atoms with van der Waals surface area (Å²) in [5.74, 6) is 0.0967. The third-order valence-electron chi connectivity index (χ3n) is 6.53. The van der Waals surface area contributed by atoms with Crippen molar-refractivity contribution in [2.24, 2.45) is 5.92 Å². The molecule has 4 rings (SSSR count). The number of carbonyl (C=O) groups excluding carboxylic acids is 1. The second kappa shape index (κ2) is 8.55. The van der Waals surface area contributed by atoms with Crippen molar-refractivity contribution >= 4 is 5.91 Å². The van der Waals surface area contributed by atoms with E-state index in [-0.39, 0.29) is 28.8 Å². The number of nitrogens with zero attached hydrogens (tertiary/aromatic N) is 3. The Morgan fingerprint density at radius 1 is 1.11 bits per heavy atom. The largest absolute Gasteiger partial charge is 0.339 e. The highest BCUT2D eigenvalue weighted by Gasteiger charge is 2.47. The first kappa shape index (κ1) is 19.3. The summed E-state index contributed by atoms with van der Waals surface area (Å²) >= 11 is 0. The number of nitrogens with one attached hydrogen (secondary N) is 2. The third kappa shape index (κ3) is 4.19. The van der Waals surface area contributed by atoms with E-state index >= 15 is 0 Å². The standard InChI is InChI=1S/C20H29N5O3/c26-20(19-17-14-16(25(27)28)6-7-18(17)21-22-19)24-12-10-23(11-13-24)9-8-15-4-2-1-3-5-15/h1-5,16-19,21-22H,6-14H2. The Bertz CT molecular complexity index is 692. The van der Waals surface area contributed by atoms with E-state index in [0.717, 1.165) is 45.6 Å². The Kier molecular flexibility index (Phi) is 5.89. The van der Waals surface area contributed by atoms with Crippen LogP contribution in [0.15, 0.2) is 30.3 Å². The van der Waals surface area contributed by atoms with Gasteiger partial charge in [-0.25, -0.2) is 5.43 Å². The lowest BCUT2D eigenvalue weighted by molar-refractivity contribution is -0.528. The number of carbonyl (C=O) groups is 1. The molecule has 1 amide bonds. The molecule has 4 atom stereocenters. The number of benzene rings is 1. The van der Waals surface area contributed by atoms with Gasteiger partial charge in [-0.1, -0.05) is 30.3 Å². The molecular formula is C20H29N5O3. The number of rotatable bonds is 5. The minimum absolute atomic E-state index is 0.00719. The molecule has 152 valence electrons. The van der Waals surface area contributed by atoms with Gasteiger partial charge in [0.25, 0.3) is 0 Å². The van der Waals surface area contributed by atoms with Gasteiger partial charge in [-0.05, 0) is 18.4 Å². The number of fused-ring (bicyclic) bond motifs is 1. The maximum absolute atomic E-state index is 13.1. The van der Waals surface area contributed by atoms with Gasteiger partial charge in [-0.2, -0.15) is 0 Å². The van der Waals surface area contributed by atoms with Crippen molar-refractivity contribution in [1.29, 1.82) is 0 Å². The predicted molar refractivity (Wildman–Crippen MR) is 105 cm³/mol. The van der Waals surface area contributed by atoms with E-state index in [1.54, 1.807) is 0 Å². The van der Waals surface area contributed by atoms with E-state index in [4.69, 9.17) is 0 Å². The van der Waals surface area contributed by atoms with Crippen LogP contribution in [0, 0.1) is 16.0 Å². The van der Waals surface area contributed by atoms with Crippen molar-refractivity contribution in [2.45, 2.75) is 43.8 Å². The van der Waals surface area contributed by atoms with Crippen LogP contribution in [0.25, 0.3) is 0 Å². The topological polar surface area (TPSA) is 90.7 Å². The van der Waals surface area contributed by atoms with Gasteiger partial charge in [-0.15, -0.1) is 0 Å². The summed E-state index contributed by atoms with van der Waals surface area (Å²) in [7, 11) is 0. The van der Waals surface area contributed by atoms with Crippen LogP contribution in [0.5, 0.6) is 0 Å². The second-order valence-corrected chi connectivity index (χ2v) is 8.19. The lowest BCUT2D eigenvalue weighted by Crippen LogP contribution is -2.55. The fraction of sp³-hybridized carbons (Fsp3) is 0.650. The molecule has 2 N–H and O–H groups in total. The number of piperazine rings is 1. The van der Waals surface area contributed by atoms with Gasteiger partial charge in [0.05, 0.1) is 0 Å². The highest BCUT2D eigenvalue weighted by molar-refractivity contribution is 5.82. The number of hydrazine groups is 1. The van der Waals surface area contributed by atoms with Gasteiger partial charge in [0.1, 0.15) is 6.04 Å². The summed E-state index contributed by atoms with van der Waals surface area (Å²) < 4.78 is 0. The maximum atomic E-state index is 13.1. The molecule has 3 fully saturated rings. The summed E-state index contributed by atoms with van der Waals surface area (Å²) in [5.41, 5.74) is 7.68. The van der Waals surface area contributed by atoms with Crippen molar-refractivity contribution in [3.63, 3.8) is 0 Å². The van der Waals surface area contributed by atoms with Crippen LogP contribution < -0.4 is 10.9 Å². The molecule has 8 heteroatoms. The summed E-state index contributed by atoms with van der Waals surface area (Å²) in [6, 6.07) is 9.76. The Hall–Kier alpha value is -2.03. The van der Waals surface area contributed by atoms with Crippen LogP contribution in [0.1, 0.15) is 24.8 Å². The Morgan fingerprint density at radius 2 is 1.86 bits per heavy atom. The van der Waals surface area contributed by atoms with Gasteiger partial charge in [0.2, 0.25) is 11.9 Å². The molecule has 2 aliphatic heterocycles. The predicted octanol–water partition coefficient (Wildman–Crippen LogP) is 0.664. The van der Waals surface area contributed by atoms with E-state index < -0.39 is 6.04 Å². The van der Waals surface area contributed by atoms with Crippen molar-refractivity contribution in [3.05, 3.63) is 46.0 Å². The molecule has 0 radical (unpaired) electrons. The number of hydrogen-bond acceptors (Lipinski definition) is 6. The highest BCUT2D eigenvalue weighted by Crippen LogP contribution is 2.32. The first-order valence-electron chi connectivity index (χ1n) is 10.3. The van der Waals surface area contributed by atoms with E-state index in [0.29, 0.717) is 12.8 Å².